The molecule has 1 aromatic carbocycles. The van der Waals surface area contributed by atoms with Gasteiger partial charge in [0.1, 0.15) is 5.54 Å². The van der Waals surface area contributed by atoms with E-state index in [2.05, 4.69) is 28.4 Å². The number of nitrogens with zero attached hydrogens (tertiary/aromatic N) is 1. The van der Waals surface area contributed by atoms with Gasteiger partial charge >= 0.3 is 0 Å². The van der Waals surface area contributed by atoms with Gasteiger partial charge in [-0.25, -0.2) is 0 Å². The summed E-state index contributed by atoms with van der Waals surface area (Å²) >= 11 is 0. The molecule has 4 heteroatoms. The molecule has 1 atom stereocenters. The molecule has 4 nitrogen and oxygen atoms in total. The summed E-state index contributed by atoms with van der Waals surface area (Å²) in [4.78, 5) is 14.9. The zero-order chi connectivity index (χ0) is 14.7. The number of fused-ring (bicyclic) bond motifs is 1. The summed E-state index contributed by atoms with van der Waals surface area (Å²) in [7, 11) is 0. The first-order valence-corrected chi connectivity index (χ1v) is 8.09. The van der Waals surface area contributed by atoms with E-state index in [0.717, 1.165) is 63.8 Å². The highest BCUT2D eigenvalue weighted by molar-refractivity contribution is 5.86. The molecule has 1 fully saturated rings. The van der Waals surface area contributed by atoms with Crippen LogP contribution in [0.2, 0.25) is 0 Å². The van der Waals surface area contributed by atoms with Crippen LogP contribution in [0.1, 0.15) is 36.8 Å². The first-order valence-electron chi connectivity index (χ1n) is 8.09. The van der Waals surface area contributed by atoms with Crippen molar-refractivity contribution < 1.29 is 4.79 Å². The third-order valence-corrected chi connectivity index (χ3v) is 4.99. The molecule has 0 aromatic heterocycles. The average Bonchev–Trinajstić information content (AvgIpc) is 2.86. The van der Waals surface area contributed by atoms with Crippen molar-refractivity contribution in [1.29, 1.82) is 0 Å². The van der Waals surface area contributed by atoms with Gasteiger partial charge in [0.05, 0.1) is 0 Å². The number of hydrogen-bond donors (Lipinski definition) is 2. The highest BCUT2D eigenvalue weighted by atomic mass is 16.1. The number of hydrogen-bond acceptors (Lipinski definition) is 3. The summed E-state index contributed by atoms with van der Waals surface area (Å²) < 4.78 is 0. The van der Waals surface area contributed by atoms with Crippen molar-refractivity contribution in [2.75, 3.05) is 26.2 Å². The number of nitrogens with one attached hydrogen (secondary N) is 1. The van der Waals surface area contributed by atoms with Gasteiger partial charge in [0.15, 0.2) is 0 Å². The predicted octanol–water partition coefficient (Wildman–Crippen LogP) is 1.39. The molecule has 114 valence electrons. The molecule has 1 heterocycles. The van der Waals surface area contributed by atoms with E-state index in [1.54, 1.807) is 0 Å². The van der Waals surface area contributed by atoms with Crippen LogP contribution in [0, 0.1) is 0 Å². The molecule has 1 saturated heterocycles. The monoisotopic (exact) mass is 287 g/mol. The fourth-order valence-corrected chi connectivity index (χ4v) is 3.94. The highest BCUT2D eigenvalue weighted by Crippen LogP contribution is 2.39. The third-order valence-electron chi connectivity index (χ3n) is 4.99. The zero-order valence-electron chi connectivity index (χ0n) is 12.6. The second-order valence-electron chi connectivity index (χ2n) is 6.18. The Morgan fingerprint density at radius 2 is 2.00 bits per heavy atom. The maximum absolute atomic E-state index is 12.6. The summed E-state index contributed by atoms with van der Waals surface area (Å²) in [5.41, 5.74) is 7.80. The van der Waals surface area contributed by atoms with Gasteiger partial charge in [0.2, 0.25) is 5.91 Å². The summed E-state index contributed by atoms with van der Waals surface area (Å²) in [6.07, 6.45) is 5.16. The Bertz CT molecular complexity index is 509. The Hall–Kier alpha value is -1.39. The lowest BCUT2D eigenvalue weighted by atomic mass is 9.81. The molecule has 0 bridgehead atoms. The fraction of sp³-hybridized carbons (Fsp3) is 0.588. The lowest BCUT2D eigenvalue weighted by molar-refractivity contribution is -0.131. The number of aryl methyl sites for hydroxylation is 1. The number of carbonyl (C=O) groups is 1. The molecule has 0 radical (unpaired) electrons. The quantitative estimate of drug-likeness (QED) is 0.808. The van der Waals surface area contributed by atoms with Crippen LogP contribution in [0.4, 0.5) is 0 Å². The van der Waals surface area contributed by atoms with Crippen LogP contribution in [0.25, 0.3) is 0 Å². The lowest BCUT2D eigenvalue weighted by Crippen LogP contribution is -2.56. The van der Waals surface area contributed by atoms with Crippen LogP contribution in [-0.4, -0.2) is 37.0 Å². The number of amides is 1. The molecular formula is C17H25N3O. The van der Waals surface area contributed by atoms with E-state index in [4.69, 9.17) is 5.73 Å². The molecule has 1 aromatic rings. The second-order valence-corrected chi connectivity index (χ2v) is 6.18. The molecule has 1 amide bonds. The van der Waals surface area contributed by atoms with Crippen molar-refractivity contribution >= 4 is 5.91 Å². The molecule has 1 aliphatic heterocycles. The van der Waals surface area contributed by atoms with Crippen molar-refractivity contribution in [2.24, 2.45) is 5.73 Å². The maximum atomic E-state index is 12.6. The largest absolute Gasteiger partial charge is 0.368 e. The van der Waals surface area contributed by atoms with Crippen molar-refractivity contribution in [3.8, 4) is 0 Å². The van der Waals surface area contributed by atoms with Crippen molar-refractivity contribution in [3.05, 3.63) is 35.4 Å². The van der Waals surface area contributed by atoms with Crippen LogP contribution in [0.5, 0.6) is 0 Å². The Morgan fingerprint density at radius 1 is 1.14 bits per heavy atom. The second kappa shape index (κ2) is 6.16. The minimum Gasteiger partial charge on any atom is -0.368 e. The van der Waals surface area contributed by atoms with Gasteiger partial charge in [0, 0.05) is 19.6 Å². The lowest BCUT2D eigenvalue weighted by Gasteiger charge is -2.41. The van der Waals surface area contributed by atoms with Gasteiger partial charge in [-0.2, -0.15) is 0 Å². The normalized spacial score (nSPS) is 27.4. The maximum Gasteiger partial charge on any atom is 0.242 e. The van der Waals surface area contributed by atoms with Crippen LogP contribution in [-0.2, 0) is 16.8 Å². The summed E-state index contributed by atoms with van der Waals surface area (Å²) in [5.74, 6) is -0.182. The SMILES string of the molecule is NC(=O)C1(N2CCCNCC2)CCCCc2ccccc21. The van der Waals surface area contributed by atoms with Gasteiger partial charge < -0.3 is 11.1 Å². The van der Waals surface area contributed by atoms with Crippen LogP contribution in [0.15, 0.2) is 24.3 Å². The molecule has 0 spiro atoms. The van der Waals surface area contributed by atoms with Gasteiger partial charge in [0.25, 0.3) is 0 Å². The Balaban J connectivity index is 2.09. The van der Waals surface area contributed by atoms with E-state index in [0.29, 0.717) is 0 Å². The number of primary amides is 1. The first kappa shape index (κ1) is 14.5. The van der Waals surface area contributed by atoms with E-state index < -0.39 is 5.54 Å². The van der Waals surface area contributed by atoms with E-state index >= 15 is 0 Å². The Morgan fingerprint density at radius 3 is 2.86 bits per heavy atom. The minimum atomic E-state index is -0.612. The fourth-order valence-electron chi connectivity index (χ4n) is 3.94. The van der Waals surface area contributed by atoms with Gasteiger partial charge in [-0.1, -0.05) is 30.7 Å². The van der Waals surface area contributed by atoms with Crippen molar-refractivity contribution in [1.82, 2.24) is 10.2 Å². The summed E-state index contributed by atoms with van der Waals surface area (Å²) in [5, 5.41) is 3.42. The highest BCUT2D eigenvalue weighted by Gasteiger charge is 2.45. The smallest absolute Gasteiger partial charge is 0.242 e. The molecule has 21 heavy (non-hydrogen) atoms. The Kier molecular flexibility index (Phi) is 4.27. The van der Waals surface area contributed by atoms with Gasteiger partial charge in [-0.05, 0) is 43.4 Å². The summed E-state index contributed by atoms with van der Waals surface area (Å²) in [6.45, 7) is 3.77. The van der Waals surface area contributed by atoms with Crippen molar-refractivity contribution in [3.63, 3.8) is 0 Å². The van der Waals surface area contributed by atoms with E-state index in [-0.39, 0.29) is 5.91 Å². The third kappa shape index (κ3) is 2.58. The predicted molar refractivity (Wildman–Crippen MR) is 83.9 cm³/mol. The molecular weight excluding hydrogens is 262 g/mol. The molecule has 3 N–H and O–H groups in total. The van der Waals surface area contributed by atoms with Crippen LogP contribution >= 0.6 is 0 Å². The molecule has 3 rings (SSSR count). The van der Waals surface area contributed by atoms with E-state index in [9.17, 15) is 4.79 Å². The van der Waals surface area contributed by atoms with Crippen LogP contribution in [0.3, 0.4) is 0 Å². The number of carbonyl (C=O) groups excluding carboxylic acids is 1. The van der Waals surface area contributed by atoms with Gasteiger partial charge in [-0.15, -0.1) is 0 Å². The number of rotatable bonds is 2. The standard InChI is InChI=1S/C17H25N3O/c18-16(21)17(20-12-5-10-19-11-13-20)9-4-3-7-14-6-1-2-8-15(14)17/h1-2,6,8,19H,3-5,7,9-13H2,(H2,18,21). The number of benzene rings is 1. The van der Waals surface area contributed by atoms with E-state index in [1.165, 1.54) is 5.56 Å². The average molecular weight is 287 g/mol. The molecule has 0 saturated carbocycles. The first-order chi connectivity index (χ1) is 10.2. The van der Waals surface area contributed by atoms with Crippen molar-refractivity contribution in [2.45, 2.75) is 37.6 Å². The van der Waals surface area contributed by atoms with Crippen LogP contribution < -0.4 is 11.1 Å². The Labute approximate surface area is 126 Å². The van der Waals surface area contributed by atoms with Gasteiger partial charge in [-0.3, -0.25) is 9.69 Å². The summed E-state index contributed by atoms with van der Waals surface area (Å²) in [6, 6.07) is 8.38. The minimum absolute atomic E-state index is 0.182. The molecule has 2 aliphatic rings. The number of nitrogens with two attached hydrogens (primary N) is 1. The molecule has 1 aliphatic carbocycles. The molecule has 1 unspecified atom stereocenters. The van der Waals surface area contributed by atoms with E-state index in [1.807, 2.05) is 6.07 Å². The topological polar surface area (TPSA) is 58.4 Å². The zero-order valence-corrected chi connectivity index (χ0v) is 12.6.